The first kappa shape index (κ1) is 17.4. The summed E-state index contributed by atoms with van der Waals surface area (Å²) in [7, 11) is -3.75. The number of halogens is 3. The molecule has 0 saturated carbocycles. The van der Waals surface area contributed by atoms with Crippen LogP contribution in [0.25, 0.3) is 0 Å². The zero-order chi connectivity index (χ0) is 17.4. The molecule has 1 aliphatic rings. The predicted molar refractivity (Wildman–Crippen MR) is 86.5 cm³/mol. The third-order valence-electron chi connectivity index (χ3n) is 4.29. The van der Waals surface area contributed by atoms with E-state index in [0.29, 0.717) is 19.0 Å². The molecule has 0 N–H and O–H groups in total. The third-order valence-corrected chi connectivity index (χ3v) is 6.90. The van der Waals surface area contributed by atoms with Crippen molar-refractivity contribution in [1.82, 2.24) is 4.31 Å². The quantitative estimate of drug-likeness (QED) is 0.801. The van der Waals surface area contributed by atoms with E-state index in [4.69, 9.17) is 0 Å². The van der Waals surface area contributed by atoms with Gasteiger partial charge < -0.3 is 0 Å². The molecule has 0 amide bonds. The Kier molecular flexibility index (Phi) is 4.72. The SMILES string of the molecule is O=S(=O)(c1ccc(C(F)(F)F)cc1)N1CCC(c2ccsc2)CC1. The fourth-order valence-electron chi connectivity index (χ4n) is 2.90. The first-order valence-electron chi connectivity index (χ1n) is 7.48. The monoisotopic (exact) mass is 375 g/mol. The molecule has 24 heavy (non-hydrogen) atoms. The van der Waals surface area contributed by atoms with Gasteiger partial charge in [0.25, 0.3) is 0 Å². The van der Waals surface area contributed by atoms with Crippen LogP contribution in [0.15, 0.2) is 46.0 Å². The van der Waals surface area contributed by atoms with Gasteiger partial charge in [0.2, 0.25) is 10.0 Å². The van der Waals surface area contributed by atoms with Crippen molar-refractivity contribution in [3.8, 4) is 0 Å². The van der Waals surface area contributed by atoms with E-state index in [2.05, 4.69) is 11.4 Å². The average molecular weight is 375 g/mol. The number of nitrogens with zero attached hydrogens (tertiary/aromatic N) is 1. The molecule has 130 valence electrons. The van der Waals surface area contributed by atoms with E-state index >= 15 is 0 Å². The number of sulfonamides is 1. The lowest BCUT2D eigenvalue weighted by Gasteiger charge is -2.31. The molecule has 1 aliphatic heterocycles. The Bertz CT molecular complexity index is 776. The molecular weight excluding hydrogens is 359 g/mol. The number of piperidine rings is 1. The van der Waals surface area contributed by atoms with Gasteiger partial charge in [-0.15, -0.1) is 0 Å². The number of hydrogen-bond donors (Lipinski definition) is 0. The summed E-state index contributed by atoms with van der Waals surface area (Å²) < 4.78 is 64.3. The van der Waals surface area contributed by atoms with Crippen molar-refractivity contribution in [2.24, 2.45) is 0 Å². The molecule has 1 fully saturated rings. The molecule has 8 heteroatoms. The molecule has 1 aromatic carbocycles. The summed E-state index contributed by atoms with van der Waals surface area (Å²) in [4.78, 5) is -0.0931. The molecule has 1 aromatic heterocycles. The second kappa shape index (κ2) is 6.50. The minimum absolute atomic E-state index is 0.0931. The van der Waals surface area contributed by atoms with Crippen molar-refractivity contribution in [1.29, 1.82) is 0 Å². The van der Waals surface area contributed by atoms with Gasteiger partial charge in [-0.25, -0.2) is 8.42 Å². The van der Waals surface area contributed by atoms with Gasteiger partial charge >= 0.3 is 6.18 Å². The number of rotatable bonds is 3. The van der Waals surface area contributed by atoms with Crippen LogP contribution in [0.3, 0.4) is 0 Å². The van der Waals surface area contributed by atoms with E-state index in [0.717, 1.165) is 37.1 Å². The molecule has 0 spiro atoms. The maximum absolute atomic E-state index is 12.6. The van der Waals surface area contributed by atoms with E-state index in [-0.39, 0.29) is 4.90 Å². The molecule has 0 bridgehead atoms. The molecule has 0 radical (unpaired) electrons. The number of alkyl halides is 3. The average Bonchev–Trinajstić information content (AvgIpc) is 3.09. The number of hydrogen-bond acceptors (Lipinski definition) is 3. The summed E-state index contributed by atoms with van der Waals surface area (Å²) in [5, 5.41) is 4.07. The van der Waals surface area contributed by atoms with Crippen LogP contribution in [-0.4, -0.2) is 25.8 Å². The van der Waals surface area contributed by atoms with E-state index in [9.17, 15) is 21.6 Å². The van der Waals surface area contributed by atoms with E-state index < -0.39 is 21.8 Å². The molecule has 0 aliphatic carbocycles. The maximum atomic E-state index is 12.6. The van der Waals surface area contributed by atoms with Crippen molar-refractivity contribution in [3.05, 3.63) is 52.2 Å². The zero-order valence-corrected chi connectivity index (χ0v) is 14.3. The summed E-state index contributed by atoms with van der Waals surface area (Å²) in [6.45, 7) is 0.758. The fourth-order valence-corrected chi connectivity index (χ4v) is 5.11. The summed E-state index contributed by atoms with van der Waals surface area (Å²) in [6, 6.07) is 5.73. The summed E-state index contributed by atoms with van der Waals surface area (Å²) in [6.07, 6.45) is -3.03. The van der Waals surface area contributed by atoms with Crippen molar-refractivity contribution in [3.63, 3.8) is 0 Å². The van der Waals surface area contributed by atoms with E-state index in [1.807, 2.05) is 5.38 Å². The van der Waals surface area contributed by atoms with Crippen molar-refractivity contribution >= 4 is 21.4 Å². The summed E-state index contributed by atoms with van der Waals surface area (Å²) in [5.74, 6) is 0.343. The Morgan fingerprint density at radius 1 is 1.04 bits per heavy atom. The van der Waals surface area contributed by atoms with Crippen LogP contribution in [0, 0.1) is 0 Å². The Labute approximate surface area is 142 Å². The van der Waals surface area contributed by atoms with Gasteiger partial charge in [-0.1, -0.05) is 0 Å². The molecule has 0 unspecified atom stereocenters. The van der Waals surface area contributed by atoms with Crippen LogP contribution in [0.1, 0.15) is 29.9 Å². The lowest BCUT2D eigenvalue weighted by Crippen LogP contribution is -2.37. The smallest absolute Gasteiger partial charge is 0.207 e. The van der Waals surface area contributed by atoms with Gasteiger partial charge in [0, 0.05) is 13.1 Å². The molecule has 0 atom stereocenters. The highest BCUT2D eigenvalue weighted by Gasteiger charge is 2.33. The van der Waals surface area contributed by atoms with Crippen molar-refractivity contribution in [2.45, 2.75) is 29.8 Å². The first-order chi connectivity index (χ1) is 11.3. The highest BCUT2D eigenvalue weighted by atomic mass is 32.2. The second-order valence-electron chi connectivity index (χ2n) is 5.76. The van der Waals surface area contributed by atoms with E-state index in [1.165, 1.54) is 9.87 Å². The highest BCUT2D eigenvalue weighted by molar-refractivity contribution is 7.89. The van der Waals surface area contributed by atoms with Gasteiger partial charge in [-0.05, 0) is 65.4 Å². The lowest BCUT2D eigenvalue weighted by atomic mass is 9.92. The van der Waals surface area contributed by atoms with Crippen LogP contribution < -0.4 is 0 Å². The second-order valence-corrected chi connectivity index (χ2v) is 8.48. The van der Waals surface area contributed by atoms with E-state index in [1.54, 1.807) is 11.3 Å². The Morgan fingerprint density at radius 2 is 1.67 bits per heavy atom. The standard InChI is InChI=1S/C16H16F3NO2S2/c17-16(18,19)14-1-3-15(4-2-14)24(21,22)20-8-5-12(6-9-20)13-7-10-23-11-13/h1-4,7,10-12H,5-6,8-9H2. The molecule has 3 nitrogen and oxygen atoms in total. The number of benzene rings is 1. The van der Waals surface area contributed by atoms with Gasteiger partial charge in [0.15, 0.2) is 0 Å². The molecular formula is C16H16F3NO2S2. The third kappa shape index (κ3) is 3.50. The van der Waals surface area contributed by atoms with Gasteiger partial charge in [0.05, 0.1) is 10.5 Å². The Hall–Kier alpha value is -1.38. The van der Waals surface area contributed by atoms with Gasteiger partial charge in [-0.3, -0.25) is 0 Å². The van der Waals surface area contributed by atoms with Crippen LogP contribution >= 0.6 is 11.3 Å². The maximum Gasteiger partial charge on any atom is 0.416 e. The normalized spacial score (nSPS) is 18.0. The largest absolute Gasteiger partial charge is 0.416 e. The van der Waals surface area contributed by atoms with Crippen LogP contribution in [0.2, 0.25) is 0 Å². The predicted octanol–water partition coefficient (Wildman–Crippen LogP) is 4.34. The Balaban J connectivity index is 1.72. The zero-order valence-electron chi connectivity index (χ0n) is 12.7. The molecule has 3 rings (SSSR count). The topological polar surface area (TPSA) is 37.4 Å². The summed E-state index contributed by atoms with van der Waals surface area (Å²) >= 11 is 1.62. The molecule has 2 aromatic rings. The Morgan fingerprint density at radius 3 is 2.17 bits per heavy atom. The van der Waals surface area contributed by atoms with Gasteiger partial charge in [-0.2, -0.15) is 28.8 Å². The van der Waals surface area contributed by atoms with Crippen LogP contribution in [-0.2, 0) is 16.2 Å². The minimum Gasteiger partial charge on any atom is -0.207 e. The van der Waals surface area contributed by atoms with Crippen molar-refractivity contribution in [2.75, 3.05) is 13.1 Å². The fraction of sp³-hybridized carbons (Fsp3) is 0.375. The lowest BCUT2D eigenvalue weighted by molar-refractivity contribution is -0.137. The van der Waals surface area contributed by atoms with Crippen LogP contribution in [0.4, 0.5) is 13.2 Å². The molecule has 1 saturated heterocycles. The van der Waals surface area contributed by atoms with Gasteiger partial charge in [0.1, 0.15) is 0 Å². The van der Waals surface area contributed by atoms with Crippen LogP contribution in [0.5, 0.6) is 0 Å². The first-order valence-corrected chi connectivity index (χ1v) is 9.86. The highest BCUT2D eigenvalue weighted by Crippen LogP contribution is 2.33. The summed E-state index contributed by atoms with van der Waals surface area (Å²) in [5.41, 5.74) is 0.379. The minimum atomic E-state index is -4.47. The number of thiophene rings is 1. The van der Waals surface area contributed by atoms with Crippen molar-refractivity contribution < 1.29 is 21.6 Å². The molecule has 2 heterocycles.